The van der Waals surface area contributed by atoms with E-state index in [1.54, 1.807) is 0 Å². The van der Waals surface area contributed by atoms with Gasteiger partial charge in [-0.05, 0) is 26.9 Å². The smallest absolute Gasteiger partial charge is 0.219 e. The molecular formula is C10H16O2Si. The highest BCUT2D eigenvalue weighted by molar-refractivity contribution is 6.92. The van der Waals surface area contributed by atoms with Gasteiger partial charge in [0.2, 0.25) is 8.07 Å². The van der Waals surface area contributed by atoms with Gasteiger partial charge in [0.25, 0.3) is 0 Å². The summed E-state index contributed by atoms with van der Waals surface area (Å²) in [6.07, 6.45) is 5.31. The minimum absolute atomic E-state index is 0.621. The van der Waals surface area contributed by atoms with Crippen molar-refractivity contribution >= 4 is 8.07 Å². The van der Waals surface area contributed by atoms with Crippen LogP contribution in [0.4, 0.5) is 0 Å². The molecule has 0 aromatic heterocycles. The zero-order valence-electron chi connectivity index (χ0n) is 8.73. The minimum Gasteiger partial charge on any atom is -0.447 e. The molecule has 0 aliphatic carbocycles. The van der Waals surface area contributed by atoms with Crippen LogP contribution in [0.1, 0.15) is 13.8 Å². The van der Waals surface area contributed by atoms with E-state index in [1.165, 1.54) is 0 Å². The third-order valence-electron chi connectivity index (χ3n) is 1.16. The summed E-state index contributed by atoms with van der Waals surface area (Å²) in [6.45, 7) is 9.19. The van der Waals surface area contributed by atoms with Crippen molar-refractivity contribution in [3.63, 3.8) is 0 Å². The quantitative estimate of drug-likeness (QED) is 0.495. The molecule has 2 nitrogen and oxygen atoms in total. The molecule has 0 heterocycles. The van der Waals surface area contributed by atoms with Gasteiger partial charge in [-0.25, -0.2) is 0 Å². The molecule has 0 aliphatic heterocycles. The molecule has 0 bridgehead atoms. The van der Waals surface area contributed by atoms with E-state index in [0.717, 1.165) is 0 Å². The Morgan fingerprint density at radius 1 is 0.923 bits per heavy atom. The van der Waals surface area contributed by atoms with Crippen molar-refractivity contribution in [1.29, 1.82) is 0 Å². The second kappa shape index (κ2) is 6.45. The molecule has 0 rings (SSSR count). The number of rotatable bonds is 2. The van der Waals surface area contributed by atoms with Gasteiger partial charge in [-0.2, -0.15) is 0 Å². The van der Waals surface area contributed by atoms with Gasteiger partial charge < -0.3 is 9.47 Å². The van der Waals surface area contributed by atoms with Gasteiger partial charge in [-0.3, -0.25) is 0 Å². The van der Waals surface area contributed by atoms with Crippen molar-refractivity contribution in [2.45, 2.75) is 26.9 Å². The first-order valence-electron chi connectivity index (χ1n) is 4.40. The van der Waals surface area contributed by atoms with E-state index in [2.05, 4.69) is 36.4 Å². The number of hydrogen-bond donors (Lipinski definition) is 0. The third kappa shape index (κ3) is 7.30. The van der Waals surface area contributed by atoms with Gasteiger partial charge in [0, 0.05) is 0 Å². The Kier molecular flexibility index (Phi) is 5.92. The molecule has 0 saturated carbocycles. The van der Waals surface area contributed by atoms with Crippen molar-refractivity contribution < 1.29 is 9.47 Å². The van der Waals surface area contributed by atoms with Crippen LogP contribution in [0, 0.1) is 23.3 Å². The van der Waals surface area contributed by atoms with Crippen LogP contribution in [0.15, 0.2) is 0 Å². The summed E-state index contributed by atoms with van der Waals surface area (Å²) in [7, 11) is -1.75. The molecule has 0 spiro atoms. The van der Waals surface area contributed by atoms with E-state index in [-0.39, 0.29) is 0 Å². The van der Waals surface area contributed by atoms with Crippen LogP contribution < -0.4 is 0 Å². The summed E-state index contributed by atoms with van der Waals surface area (Å²) in [5.74, 6) is 0. The normalized spacial score (nSPS) is 8.92. The molecule has 0 fully saturated rings. The van der Waals surface area contributed by atoms with Gasteiger partial charge in [0.1, 0.15) is 12.2 Å². The first kappa shape index (κ1) is 11.9. The Hall–Kier alpha value is -1.06. The molecule has 72 valence electrons. The Balaban J connectivity index is 4.11. The highest BCUT2D eigenvalue weighted by Gasteiger charge is 2.14. The van der Waals surface area contributed by atoms with Gasteiger partial charge in [-0.1, -0.05) is 11.1 Å². The summed E-state index contributed by atoms with van der Waals surface area (Å²) >= 11 is 0. The van der Waals surface area contributed by atoms with Crippen molar-refractivity contribution in [2.24, 2.45) is 0 Å². The van der Waals surface area contributed by atoms with Gasteiger partial charge in [0.05, 0.1) is 13.2 Å². The van der Waals surface area contributed by atoms with Crippen molar-refractivity contribution in [3.8, 4) is 23.3 Å². The molecule has 0 aromatic carbocycles. The summed E-state index contributed by atoms with van der Waals surface area (Å²) in [6, 6.07) is 0. The maximum atomic E-state index is 4.94. The lowest BCUT2D eigenvalue weighted by Crippen LogP contribution is -2.21. The largest absolute Gasteiger partial charge is 0.447 e. The fraction of sp³-hybridized carbons (Fsp3) is 0.600. The van der Waals surface area contributed by atoms with E-state index >= 15 is 0 Å². The van der Waals surface area contributed by atoms with Crippen LogP contribution in [0.25, 0.3) is 0 Å². The predicted molar refractivity (Wildman–Crippen MR) is 56.3 cm³/mol. The van der Waals surface area contributed by atoms with E-state index < -0.39 is 8.07 Å². The monoisotopic (exact) mass is 196 g/mol. The van der Waals surface area contributed by atoms with Crippen LogP contribution in [0.3, 0.4) is 0 Å². The van der Waals surface area contributed by atoms with Gasteiger partial charge in [0.15, 0.2) is 0 Å². The van der Waals surface area contributed by atoms with Crippen LogP contribution in [0.5, 0.6) is 0 Å². The predicted octanol–water partition coefficient (Wildman–Crippen LogP) is 1.77. The Bertz CT molecular complexity index is 224. The lowest BCUT2D eigenvalue weighted by Gasteiger charge is -2.02. The maximum Gasteiger partial charge on any atom is 0.219 e. The Morgan fingerprint density at radius 3 is 1.62 bits per heavy atom. The molecule has 13 heavy (non-hydrogen) atoms. The molecule has 0 radical (unpaired) electrons. The number of ether oxygens (including phenoxy) is 2. The molecule has 0 aliphatic rings. The average molecular weight is 196 g/mol. The fourth-order valence-corrected chi connectivity index (χ4v) is 1.22. The summed E-state index contributed by atoms with van der Waals surface area (Å²) in [5.41, 5.74) is 6.06. The molecule has 0 N–H and O–H groups in total. The van der Waals surface area contributed by atoms with Crippen LogP contribution >= 0.6 is 0 Å². The topological polar surface area (TPSA) is 18.5 Å². The van der Waals surface area contributed by atoms with Crippen molar-refractivity contribution in [1.82, 2.24) is 0 Å². The zero-order valence-corrected chi connectivity index (χ0v) is 9.73. The van der Waals surface area contributed by atoms with Crippen molar-refractivity contribution in [2.75, 3.05) is 13.2 Å². The zero-order chi connectivity index (χ0) is 10.2. The second-order valence-electron chi connectivity index (χ2n) is 2.95. The van der Waals surface area contributed by atoms with Crippen LogP contribution in [-0.2, 0) is 9.47 Å². The van der Waals surface area contributed by atoms with Crippen molar-refractivity contribution in [3.05, 3.63) is 0 Å². The molecule has 0 aromatic rings. The maximum absolute atomic E-state index is 4.94. The van der Waals surface area contributed by atoms with E-state index in [0.29, 0.717) is 13.2 Å². The SMILES string of the molecule is CCOC#C[Si](C)(C)C#COCC. The molecule has 0 atom stereocenters. The van der Waals surface area contributed by atoms with Gasteiger partial charge in [-0.15, -0.1) is 0 Å². The molecule has 0 amide bonds. The van der Waals surface area contributed by atoms with E-state index in [9.17, 15) is 0 Å². The second-order valence-corrected chi connectivity index (χ2v) is 6.70. The molecular weight excluding hydrogens is 180 g/mol. The first-order chi connectivity index (χ1) is 6.12. The summed E-state index contributed by atoms with van der Waals surface area (Å²) in [5, 5.41) is 0. The van der Waals surface area contributed by atoms with Crippen LogP contribution in [-0.4, -0.2) is 21.3 Å². The number of hydrogen-bond acceptors (Lipinski definition) is 2. The standard InChI is InChI=1S/C10H16O2Si/c1-5-11-7-9-13(3,4)10-8-12-6-2/h5-6H2,1-4H3. The van der Waals surface area contributed by atoms with E-state index in [4.69, 9.17) is 9.47 Å². The van der Waals surface area contributed by atoms with E-state index in [1.807, 2.05) is 13.8 Å². The highest BCUT2D eigenvalue weighted by Crippen LogP contribution is 1.96. The lowest BCUT2D eigenvalue weighted by atomic mass is 10.9. The fourth-order valence-electron chi connectivity index (χ4n) is 0.503. The molecule has 3 heteroatoms. The highest BCUT2D eigenvalue weighted by atomic mass is 28.3. The Labute approximate surface area is 81.6 Å². The Morgan fingerprint density at radius 2 is 1.31 bits per heavy atom. The molecule has 0 unspecified atom stereocenters. The first-order valence-corrected chi connectivity index (χ1v) is 7.40. The third-order valence-corrected chi connectivity index (χ3v) is 2.61. The minimum atomic E-state index is -1.75. The summed E-state index contributed by atoms with van der Waals surface area (Å²) < 4.78 is 9.88. The van der Waals surface area contributed by atoms with Crippen LogP contribution in [0.2, 0.25) is 13.1 Å². The molecule has 0 saturated heterocycles. The lowest BCUT2D eigenvalue weighted by molar-refractivity contribution is 0.299. The van der Waals surface area contributed by atoms with Gasteiger partial charge >= 0.3 is 0 Å². The average Bonchev–Trinajstić information content (AvgIpc) is 2.05. The summed E-state index contributed by atoms with van der Waals surface area (Å²) in [4.78, 5) is 0.